The molecule has 0 atom stereocenters. The van der Waals surface area contributed by atoms with Crippen molar-refractivity contribution in [3.05, 3.63) is 42.1 Å². The topological polar surface area (TPSA) is 30.0 Å². The molecule has 0 N–H and O–H groups in total. The molecule has 2 nitrogen and oxygen atoms in total. The first kappa shape index (κ1) is 6.98. The minimum absolute atomic E-state index is 0.494. The van der Waals surface area contributed by atoms with E-state index >= 15 is 0 Å². The average Bonchev–Trinajstić information content (AvgIpc) is 2.17. The number of pyridine rings is 1. The highest BCUT2D eigenvalue weighted by atomic mass is 16.1. The number of para-hydroxylation sites is 1. The Morgan fingerprint density at radius 1 is 1.25 bits per heavy atom. The van der Waals surface area contributed by atoms with E-state index in [1.807, 2.05) is 24.3 Å². The van der Waals surface area contributed by atoms with E-state index in [9.17, 15) is 4.79 Å². The monoisotopic (exact) mass is 156 g/mol. The van der Waals surface area contributed by atoms with E-state index in [2.05, 4.69) is 4.98 Å². The minimum atomic E-state index is 0.494. The Hall–Kier alpha value is -1.70. The summed E-state index contributed by atoms with van der Waals surface area (Å²) in [6, 6.07) is 9.43. The summed E-state index contributed by atoms with van der Waals surface area (Å²) in [5.74, 6) is 0. The van der Waals surface area contributed by atoms with Gasteiger partial charge < -0.3 is 0 Å². The van der Waals surface area contributed by atoms with Crippen LogP contribution in [0.4, 0.5) is 0 Å². The zero-order valence-electron chi connectivity index (χ0n) is 6.32. The maximum absolute atomic E-state index is 10.3. The molecule has 2 aromatic rings. The van der Waals surface area contributed by atoms with Crippen LogP contribution in [0.25, 0.3) is 10.9 Å². The maximum atomic E-state index is 10.3. The quantitative estimate of drug-likeness (QED) is 0.628. The van der Waals surface area contributed by atoms with E-state index in [0.717, 1.165) is 10.9 Å². The van der Waals surface area contributed by atoms with Gasteiger partial charge in [-0.15, -0.1) is 0 Å². The number of benzene rings is 1. The standard InChI is InChI=1S/C10H6NO/c12-7-8-5-9-3-1-2-4-10(9)11-6-8/h1-6H. The number of aromatic nitrogens is 1. The highest BCUT2D eigenvalue weighted by molar-refractivity contribution is 5.85. The first-order chi connectivity index (χ1) is 5.90. The van der Waals surface area contributed by atoms with E-state index in [1.54, 1.807) is 12.4 Å². The largest absolute Gasteiger partial charge is 0.285 e. The van der Waals surface area contributed by atoms with Crippen molar-refractivity contribution in [2.45, 2.75) is 0 Å². The van der Waals surface area contributed by atoms with Gasteiger partial charge in [-0.05, 0) is 12.1 Å². The summed E-state index contributed by atoms with van der Waals surface area (Å²) < 4.78 is 0. The molecule has 0 aliphatic carbocycles. The normalized spacial score (nSPS) is 10.0. The molecule has 1 radical (unpaired) electrons. The van der Waals surface area contributed by atoms with Gasteiger partial charge in [0.15, 0.2) is 0 Å². The van der Waals surface area contributed by atoms with Gasteiger partial charge in [0.25, 0.3) is 0 Å². The Kier molecular flexibility index (Phi) is 1.59. The summed E-state index contributed by atoms with van der Waals surface area (Å²) in [4.78, 5) is 14.4. The average molecular weight is 156 g/mol. The van der Waals surface area contributed by atoms with Crippen LogP contribution in [0.1, 0.15) is 5.56 Å². The molecule has 0 unspecified atom stereocenters. The van der Waals surface area contributed by atoms with E-state index in [4.69, 9.17) is 0 Å². The lowest BCUT2D eigenvalue weighted by molar-refractivity contribution is 0.562. The second-order valence-electron chi connectivity index (χ2n) is 2.52. The molecular formula is C10H6NO. The summed E-state index contributed by atoms with van der Waals surface area (Å²) in [5, 5.41) is 0.971. The molecule has 1 aromatic carbocycles. The smallest absolute Gasteiger partial charge is 0.235 e. The molecule has 0 amide bonds. The Morgan fingerprint density at radius 2 is 2.08 bits per heavy atom. The predicted molar refractivity (Wildman–Crippen MR) is 46.5 cm³/mol. The van der Waals surface area contributed by atoms with Gasteiger partial charge in [0, 0.05) is 17.1 Å². The van der Waals surface area contributed by atoms with Crippen molar-refractivity contribution in [3.63, 3.8) is 0 Å². The van der Waals surface area contributed by atoms with Crippen molar-refractivity contribution in [2.24, 2.45) is 0 Å². The lowest BCUT2D eigenvalue weighted by Crippen LogP contribution is -1.83. The number of nitrogens with zero attached hydrogens (tertiary/aromatic N) is 1. The fraction of sp³-hybridized carbons (Fsp3) is 0. The van der Waals surface area contributed by atoms with Gasteiger partial charge in [0.05, 0.1) is 5.52 Å². The molecule has 0 fully saturated rings. The van der Waals surface area contributed by atoms with Crippen molar-refractivity contribution < 1.29 is 4.79 Å². The molecule has 0 aliphatic heterocycles. The van der Waals surface area contributed by atoms with Crippen LogP contribution >= 0.6 is 0 Å². The zero-order valence-corrected chi connectivity index (χ0v) is 6.32. The van der Waals surface area contributed by atoms with Crippen molar-refractivity contribution in [1.82, 2.24) is 4.98 Å². The molecule has 0 aliphatic rings. The number of fused-ring (bicyclic) bond motifs is 1. The molecule has 12 heavy (non-hydrogen) atoms. The van der Waals surface area contributed by atoms with Gasteiger partial charge in [-0.3, -0.25) is 9.78 Å². The fourth-order valence-corrected chi connectivity index (χ4v) is 1.13. The van der Waals surface area contributed by atoms with Crippen LogP contribution in [-0.4, -0.2) is 11.3 Å². The van der Waals surface area contributed by atoms with E-state index in [-0.39, 0.29) is 0 Å². The van der Waals surface area contributed by atoms with Crippen LogP contribution in [0.5, 0.6) is 0 Å². The third kappa shape index (κ3) is 1.07. The first-order valence-corrected chi connectivity index (χ1v) is 3.63. The van der Waals surface area contributed by atoms with Gasteiger partial charge in [0.1, 0.15) is 0 Å². The van der Waals surface area contributed by atoms with Crippen molar-refractivity contribution in [2.75, 3.05) is 0 Å². The summed E-state index contributed by atoms with van der Waals surface area (Å²) in [6.45, 7) is 0. The van der Waals surface area contributed by atoms with Crippen molar-refractivity contribution >= 4 is 17.2 Å². The van der Waals surface area contributed by atoms with Crippen molar-refractivity contribution in [1.29, 1.82) is 0 Å². The molecule has 0 saturated carbocycles. The summed E-state index contributed by atoms with van der Waals surface area (Å²) in [6.07, 6.45) is 3.33. The molecule has 2 heteroatoms. The van der Waals surface area contributed by atoms with E-state index < -0.39 is 0 Å². The molecule has 57 valence electrons. The SMILES string of the molecule is O=[C]c1cnc2ccccc2c1. The van der Waals surface area contributed by atoms with Gasteiger partial charge >= 0.3 is 0 Å². The van der Waals surface area contributed by atoms with Gasteiger partial charge in [-0.2, -0.15) is 0 Å². The Labute approximate surface area is 69.9 Å². The third-order valence-electron chi connectivity index (χ3n) is 1.71. The summed E-state index contributed by atoms with van der Waals surface area (Å²) in [7, 11) is 0. The van der Waals surface area contributed by atoms with E-state index in [0.29, 0.717) is 5.56 Å². The van der Waals surface area contributed by atoms with Gasteiger partial charge in [-0.25, -0.2) is 0 Å². The van der Waals surface area contributed by atoms with Gasteiger partial charge in [0.2, 0.25) is 6.29 Å². The first-order valence-electron chi connectivity index (χ1n) is 3.63. The lowest BCUT2D eigenvalue weighted by Gasteiger charge is -1.94. The Bertz CT molecular complexity index is 423. The summed E-state index contributed by atoms with van der Waals surface area (Å²) >= 11 is 0. The second-order valence-corrected chi connectivity index (χ2v) is 2.52. The molecule has 1 aromatic heterocycles. The Balaban J connectivity index is 2.75. The highest BCUT2D eigenvalue weighted by Crippen LogP contribution is 2.10. The van der Waals surface area contributed by atoms with Crippen molar-refractivity contribution in [3.8, 4) is 0 Å². The van der Waals surface area contributed by atoms with E-state index in [1.165, 1.54) is 6.20 Å². The molecule has 1 heterocycles. The summed E-state index contributed by atoms with van der Waals surface area (Å²) in [5.41, 5.74) is 1.39. The molecule has 0 spiro atoms. The fourth-order valence-electron chi connectivity index (χ4n) is 1.13. The molecular weight excluding hydrogens is 150 g/mol. The van der Waals surface area contributed by atoms with Crippen LogP contribution in [0.2, 0.25) is 0 Å². The third-order valence-corrected chi connectivity index (χ3v) is 1.71. The van der Waals surface area contributed by atoms with Crippen LogP contribution in [0, 0.1) is 0 Å². The molecule has 0 saturated heterocycles. The molecule has 0 bridgehead atoms. The Morgan fingerprint density at radius 3 is 2.92 bits per heavy atom. The number of hydrogen-bond donors (Lipinski definition) is 0. The van der Waals surface area contributed by atoms with Crippen LogP contribution in [-0.2, 0) is 4.79 Å². The van der Waals surface area contributed by atoms with Crippen LogP contribution in [0.3, 0.4) is 0 Å². The number of carbonyl (C=O) groups excluding carboxylic acids is 1. The second kappa shape index (κ2) is 2.74. The zero-order chi connectivity index (χ0) is 8.39. The maximum Gasteiger partial charge on any atom is 0.235 e. The van der Waals surface area contributed by atoms with Gasteiger partial charge in [-0.1, -0.05) is 18.2 Å². The highest BCUT2D eigenvalue weighted by Gasteiger charge is 1.94. The van der Waals surface area contributed by atoms with Crippen LogP contribution < -0.4 is 0 Å². The minimum Gasteiger partial charge on any atom is -0.285 e. The number of rotatable bonds is 1. The lowest BCUT2D eigenvalue weighted by atomic mass is 10.2. The number of hydrogen-bond acceptors (Lipinski definition) is 2. The van der Waals surface area contributed by atoms with Crippen LogP contribution in [0.15, 0.2) is 36.5 Å². The predicted octanol–water partition coefficient (Wildman–Crippen LogP) is 1.69. The molecule has 2 rings (SSSR count).